The molecule has 0 saturated carbocycles. The lowest BCUT2D eigenvalue weighted by atomic mass is 10.0. The minimum absolute atomic E-state index is 0.0363. The van der Waals surface area contributed by atoms with Crippen LogP contribution in [0.2, 0.25) is 0 Å². The number of aryl methyl sites for hydroxylation is 1. The standard InChI is InChI=1S/C28H31N3O2/c1-22-7-11-24(12-8-22)27(33-25-13-9-23(21-29)10-14-25)15-16-30-17-19-31(20-18-30)26-5-3-4-6-28(26)32-2/h3-14,27H,15-20H2,1-2H3/t27-/m0/s1. The number of rotatable bonds is 8. The number of methoxy groups -OCH3 is 1. The van der Waals surface area contributed by atoms with Crippen LogP contribution in [0.1, 0.15) is 29.2 Å². The van der Waals surface area contributed by atoms with Gasteiger partial charge < -0.3 is 14.4 Å². The molecule has 0 bridgehead atoms. The molecule has 5 heteroatoms. The minimum Gasteiger partial charge on any atom is -0.495 e. The van der Waals surface area contributed by atoms with E-state index in [0.717, 1.165) is 50.6 Å². The fraction of sp³-hybridized carbons (Fsp3) is 0.321. The molecule has 0 amide bonds. The van der Waals surface area contributed by atoms with Gasteiger partial charge in [-0.2, -0.15) is 5.26 Å². The molecule has 0 spiro atoms. The van der Waals surface area contributed by atoms with Gasteiger partial charge in [-0.05, 0) is 48.9 Å². The largest absolute Gasteiger partial charge is 0.495 e. The van der Waals surface area contributed by atoms with Gasteiger partial charge in [0.2, 0.25) is 0 Å². The zero-order chi connectivity index (χ0) is 23.0. The molecule has 5 nitrogen and oxygen atoms in total. The van der Waals surface area contributed by atoms with Gasteiger partial charge in [-0.3, -0.25) is 4.90 Å². The third kappa shape index (κ3) is 5.85. The molecule has 4 rings (SSSR count). The average Bonchev–Trinajstić information content (AvgIpc) is 2.88. The quantitative estimate of drug-likeness (QED) is 0.480. The first-order chi connectivity index (χ1) is 16.2. The van der Waals surface area contributed by atoms with Gasteiger partial charge in [0.25, 0.3) is 0 Å². The van der Waals surface area contributed by atoms with E-state index in [2.05, 4.69) is 59.2 Å². The lowest BCUT2D eigenvalue weighted by Gasteiger charge is -2.37. The van der Waals surface area contributed by atoms with Gasteiger partial charge in [0.05, 0.1) is 24.4 Å². The molecule has 1 aliphatic heterocycles. The Balaban J connectivity index is 1.38. The van der Waals surface area contributed by atoms with E-state index in [9.17, 15) is 0 Å². The average molecular weight is 442 g/mol. The molecule has 170 valence electrons. The van der Waals surface area contributed by atoms with E-state index in [-0.39, 0.29) is 6.10 Å². The maximum Gasteiger partial charge on any atom is 0.142 e. The highest BCUT2D eigenvalue weighted by Gasteiger charge is 2.21. The van der Waals surface area contributed by atoms with Gasteiger partial charge in [-0.15, -0.1) is 0 Å². The molecule has 1 fully saturated rings. The molecule has 0 N–H and O–H groups in total. The Labute approximate surface area is 196 Å². The third-order valence-electron chi connectivity index (χ3n) is 6.22. The molecular weight excluding hydrogens is 410 g/mol. The van der Waals surface area contributed by atoms with Crippen molar-refractivity contribution in [2.75, 3.05) is 44.7 Å². The van der Waals surface area contributed by atoms with Crippen molar-refractivity contribution in [1.29, 1.82) is 5.26 Å². The summed E-state index contributed by atoms with van der Waals surface area (Å²) in [6, 6.07) is 26.3. The lowest BCUT2D eigenvalue weighted by molar-refractivity contribution is 0.160. The summed E-state index contributed by atoms with van der Waals surface area (Å²) in [6.07, 6.45) is 0.864. The van der Waals surface area contributed by atoms with E-state index in [4.69, 9.17) is 14.7 Å². The van der Waals surface area contributed by atoms with Crippen molar-refractivity contribution in [2.24, 2.45) is 0 Å². The molecule has 1 heterocycles. The van der Waals surface area contributed by atoms with Crippen LogP contribution in [0.3, 0.4) is 0 Å². The van der Waals surface area contributed by atoms with Crippen molar-refractivity contribution >= 4 is 5.69 Å². The molecule has 1 aliphatic rings. The molecule has 33 heavy (non-hydrogen) atoms. The molecule has 0 aliphatic carbocycles. The van der Waals surface area contributed by atoms with Crippen molar-refractivity contribution in [3.63, 3.8) is 0 Å². The summed E-state index contributed by atoms with van der Waals surface area (Å²) >= 11 is 0. The summed E-state index contributed by atoms with van der Waals surface area (Å²) in [6.45, 7) is 7.04. The number of hydrogen-bond donors (Lipinski definition) is 0. The van der Waals surface area contributed by atoms with E-state index in [1.165, 1.54) is 16.8 Å². The van der Waals surface area contributed by atoms with Crippen LogP contribution in [-0.2, 0) is 0 Å². The lowest BCUT2D eigenvalue weighted by Crippen LogP contribution is -2.47. The number of piperazine rings is 1. The van der Waals surface area contributed by atoms with Crippen LogP contribution in [0.4, 0.5) is 5.69 Å². The number of anilines is 1. The number of nitrogens with zero attached hydrogens (tertiary/aromatic N) is 3. The molecule has 0 unspecified atom stereocenters. The molecule has 0 aromatic heterocycles. The zero-order valence-electron chi connectivity index (χ0n) is 19.4. The number of hydrogen-bond acceptors (Lipinski definition) is 5. The Morgan fingerprint density at radius 1 is 0.909 bits per heavy atom. The molecule has 0 radical (unpaired) electrons. The first-order valence-corrected chi connectivity index (χ1v) is 11.5. The molecular formula is C28H31N3O2. The number of nitriles is 1. The Hall–Kier alpha value is -3.49. The topological polar surface area (TPSA) is 48.7 Å². The summed E-state index contributed by atoms with van der Waals surface area (Å²) in [5.74, 6) is 1.72. The predicted octanol–water partition coefficient (Wildman–Crippen LogP) is 5.21. The minimum atomic E-state index is -0.0363. The van der Waals surface area contributed by atoms with E-state index in [1.807, 2.05) is 24.3 Å². The second kappa shape index (κ2) is 10.9. The Bertz CT molecular complexity index is 1070. The number of para-hydroxylation sites is 2. The van der Waals surface area contributed by atoms with Gasteiger partial charge in [0.1, 0.15) is 17.6 Å². The van der Waals surface area contributed by atoms with E-state index < -0.39 is 0 Å². The summed E-state index contributed by atoms with van der Waals surface area (Å²) in [4.78, 5) is 4.91. The van der Waals surface area contributed by atoms with Crippen LogP contribution in [0.25, 0.3) is 0 Å². The molecule has 1 atom stereocenters. The van der Waals surface area contributed by atoms with Gasteiger partial charge in [0.15, 0.2) is 0 Å². The van der Waals surface area contributed by atoms with Crippen LogP contribution < -0.4 is 14.4 Å². The van der Waals surface area contributed by atoms with Gasteiger partial charge in [-0.25, -0.2) is 0 Å². The number of benzene rings is 3. The van der Waals surface area contributed by atoms with Gasteiger partial charge in [-0.1, -0.05) is 42.0 Å². The second-order valence-corrected chi connectivity index (χ2v) is 8.44. The summed E-state index contributed by atoms with van der Waals surface area (Å²) in [5.41, 5.74) is 4.23. The van der Waals surface area contributed by atoms with Crippen LogP contribution in [0.5, 0.6) is 11.5 Å². The highest BCUT2D eigenvalue weighted by atomic mass is 16.5. The Morgan fingerprint density at radius 3 is 2.27 bits per heavy atom. The van der Waals surface area contributed by atoms with Crippen LogP contribution in [0, 0.1) is 18.3 Å². The molecule has 1 saturated heterocycles. The van der Waals surface area contributed by atoms with Gasteiger partial charge in [0, 0.05) is 39.1 Å². The summed E-state index contributed by atoms with van der Waals surface area (Å²) in [7, 11) is 1.73. The van der Waals surface area contributed by atoms with Crippen molar-refractivity contribution in [3.05, 3.63) is 89.5 Å². The van der Waals surface area contributed by atoms with Crippen LogP contribution in [-0.4, -0.2) is 44.7 Å². The van der Waals surface area contributed by atoms with E-state index in [1.54, 1.807) is 19.2 Å². The fourth-order valence-corrected chi connectivity index (χ4v) is 4.25. The van der Waals surface area contributed by atoms with Crippen LogP contribution in [0.15, 0.2) is 72.8 Å². The van der Waals surface area contributed by atoms with Crippen molar-refractivity contribution in [3.8, 4) is 17.6 Å². The molecule has 3 aromatic carbocycles. The third-order valence-corrected chi connectivity index (χ3v) is 6.22. The van der Waals surface area contributed by atoms with Crippen molar-refractivity contribution in [2.45, 2.75) is 19.4 Å². The molecule has 3 aromatic rings. The zero-order valence-corrected chi connectivity index (χ0v) is 19.4. The smallest absolute Gasteiger partial charge is 0.142 e. The SMILES string of the molecule is COc1ccccc1N1CCN(CC[C@H](Oc2ccc(C#N)cc2)c2ccc(C)cc2)CC1. The first kappa shape index (κ1) is 22.7. The van der Waals surface area contributed by atoms with Crippen molar-refractivity contribution in [1.82, 2.24) is 4.90 Å². The highest BCUT2D eigenvalue weighted by Crippen LogP contribution is 2.29. The summed E-state index contributed by atoms with van der Waals surface area (Å²) < 4.78 is 11.9. The normalized spacial score (nSPS) is 15.0. The highest BCUT2D eigenvalue weighted by molar-refractivity contribution is 5.58. The van der Waals surface area contributed by atoms with E-state index in [0.29, 0.717) is 5.56 Å². The van der Waals surface area contributed by atoms with Crippen LogP contribution >= 0.6 is 0 Å². The second-order valence-electron chi connectivity index (χ2n) is 8.44. The Morgan fingerprint density at radius 2 is 1.61 bits per heavy atom. The van der Waals surface area contributed by atoms with Gasteiger partial charge >= 0.3 is 0 Å². The Kier molecular flexibility index (Phi) is 7.49. The van der Waals surface area contributed by atoms with E-state index >= 15 is 0 Å². The summed E-state index contributed by atoms with van der Waals surface area (Å²) in [5, 5.41) is 9.06. The fourth-order valence-electron chi connectivity index (χ4n) is 4.25. The first-order valence-electron chi connectivity index (χ1n) is 11.5. The van der Waals surface area contributed by atoms with Crippen molar-refractivity contribution < 1.29 is 9.47 Å². The monoisotopic (exact) mass is 441 g/mol. The maximum absolute atomic E-state index is 9.06. The number of ether oxygens (including phenoxy) is 2. The predicted molar refractivity (Wildman–Crippen MR) is 132 cm³/mol. The maximum atomic E-state index is 9.06.